The van der Waals surface area contributed by atoms with Gasteiger partial charge in [-0.2, -0.15) is 0 Å². The van der Waals surface area contributed by atoms with Crippen LogP contribution >= 0.6 is 0 Å². The van der Waals surface area contributed by atoms with Crippen LogP contribution in [0.1, 0.15) is 29.2 Å². The number of likely N-dealkylation sites (N-methyl/N-ethyl adjacent to an activating group) is 1. The molecule has 1 saturated heterocycles. The standard InChI is InChI=1S/C21H28N4O/c1-17-3-5-18(6-4-17)21(19-7-10-22-11-8-19)23-20(26)9-12-25-15-13-24(2)14-16-25/h3-8,10-11,21H,9,12-16H2,1-2H3,(H,23,26)/t21-/m0/s1. The van der Waals surface area contributed by atoms with Gasteiger partial charge >= 0.3 is 0 Å². The normalized spacial score (nSPS) is 17.0. The van der Waals surface area contributed by atoms with Crippen molar-refractivity contribution in [3.05, 3.63) is 65.5 Å². The highest BCUT2D eigenvalue weighted by atomic mass is 16.1. The molecule has 1 aliphatic heterocycles. The lowest BCUT2D eigenvalue weighted by atomic mass is 9.98. The molecule has 2 heterocycles. The zero-order chi connectivity index (χ0) is 18.4. The van der Waals surface area contributed by atoms with Gasteiger partial charge in [-0.15, -0.1) is 0 Å². The summed E-state index contributed by atoms with van der Waals surface area (Å²) in [5.74, 6) is 0.0892. The Morgan fingerprint density at radius 1 is 1.04 bits per heavy atom. The summed E-state index contributed by atoms with van der Waals surface area (Å²) < 4.78 is 0. The van der Waals surface area contributed by atoms with E-state index in [9.17, 15) is 4.79 Å². The lowest BCUT2D eigenvalue weighted by molar-refractivity contribution is -0.122. The molecule has 1 aromatic carbocycles. The minimum atomic E-state index is -0.140. The van der Waals surface area contributed by atoms with Crippen LogP contribution in [-0.4, -0.2) is 60.5 Å². The Bertz CT molecular complexity index is 694. The predicted molar refractivity (Wildman–Crippen MR) is 104 cm³/mol. The number of aryl methyl sites for hydroxylation is 1. The Morgan fingerprint density at radius 2 is 1.65 bits per heavy atom. The molecule has 26 heavy (non-hydrogen) atoms. The third kappa shape index (κ3) is 5.13. The number of rotatable bonds is 6. The van der Waals surface area contributed by atoms with Crippen molar-refractivity contribution in [3.63, 3.8) is 0 Å². The molecule has 138 valence electrons. The van der Waals surface area contributed by atoms with Gasteiger partial charge in [0.15, 0.2) is 0 Å². The molecule has 1 aliphatic rings. The van der Waals surface area contributed by atoms with Crippen LogP contribution in [0.3, 0.4) is 0 Å². The molecule has 0 saturated carbocycles. The van der Waals surface area contributed by atoms with Crippen LogP contribution in [0.4, 0.5) is 0 Å². The van der Waals surface area contributed by atoms with Crippen LogP contribution in [0.15, 0.2) is 48.8 Å². The van der Waals surface area contributed by atoms with Gasteiger partial charge in [0.1, 0.15) is 0 Å². The summed E-state index contributed by atoms with van der Waals surface area (Å²) in [6, 6.07) is 12.1. The first-order valence-electron chi connectivity index (χ1n) is 9.28. The van der Waals surface area contributed by atoms with Crippen molar-refractivity contribution < 1.29 is 4.79 Å². The number of pyridine rings is 1. The molecule has 1 amide bonds. The number of hydrogen-bond acceptors (Lipinski definition) is 4. The van der Waals surface area contributed by atoms with E-state index in [-0.39, 0.29) is 11.9 Å². The topological polar surface area (TPSA) is 48.5 Å². The molecular formula is C21H28N4O. The van der Waals surface area contributed by atoms with Crippen molar-refractivity contribution in [1.82, 2.24) is 20.1 Å². The summed E-state index contributed by atoms with van der Waals surface area (Å²) in [6.07, 6.45) is 4.07. The molecule has 0 unspecified atom stereocenters. The van der Waals surface area contributed by atoms with Gasteiger partial charge in [0, 0.05) is 51.5 Å². The first-order valence-corrected chi connectivity index (χ1v) is 9.28. The van der Waals surface area contributed by atoms with E-state index in [4.69, 9.17) is 0 Å². The number of amides is 1. The van der Waals surface area contributed by atoms with E-state index in [1.165, 1.54) is 5.56 Å². The fraction of sp³-hybridized carbons (Fsp3) is 0.429. The van der Waals surface area contributed by atoms with Gasteiger partial charge in [-0.3, -0.25) is 9.78 Å². The molecule has 5 nitrogen and oxygen atoms in total. The van der Waals surface area contributed by atoms with Gasteiger partial charge in [-0.1, -0.05) is 29.8 Å². The number of carbonyl (C=O) groups is 1. The van der Waals surface area contributed by atoms with E-state index in [0.717, 1.165) is 43.9 Å². The van der Waals surface area contributed by atoms with E-state index in [2.05, 4.69) is 58.3 Å². The fourth-order valence-corrected chi connectivity index (χ4v) is 3.24. The minimum Gasteiger partial charge on any atom is -0.345 e. The second-order valence-corrected chi connectivity index (χ2v) is 7.09. The van der Waals surface area contributed by atoms with Crippen LogP contribution in [-0.2, 0) is 4.79 Å². The molecule has 1 atom stereocenters. The monoisotopic (exact) mass is 352 g/mol. The second kappa shape index (κ2) is 8.92. The van der Waals surface area contributed by atoms with E-state index in [1.54, 1.807) is 12.4 Å². The summed E-state index contributed by atoms with van der Waals surface area (Å²) in [4.78, 5) is 21.4. The molecule has 0 spiro atoms. The van der Waals surface area contributed by atoms with Gasteiger partial charge in [0.05, 0.1) is 6.04 Å². The number of nitrogens with zero attached hydrogens (tertiary/aromatic N) is 3. The van der Waals surface area contributed by atoms with Crippen molar-refractivity contribution in [2.45, 2.75) is 19.4 Å². The van der Waals surface area contributed by atoms with Gasteiger partial charge in [-0.05, 0) is 37.2 Å². The van der Waals surface area contributed by atoms with E-state index < -0.39 is 0 Å². The number of benzene rings is 1. The summed E-state index contributed by atoms with van der Waals surface area (Å²) in [6.45, 7) is 7.11. The molecule has 1 N–H and O–H groups in total. The second-order valence-electron chi connectivity index (χ2n) is 7.09. The molecule has 1 aromatic heterocycles. The van der Waals surface area contributed by atoms with Gasteiger partial charge < -0.3 is 15.1 Å². The summed E-state index contributed by atoms with van der Waals surface area (Å²) in [5, 5.41) is 3.21. The molecule has 2 aromatic rings. The number of piperazine rings is 1. The van der Waals surface area contributed by atoms with Crippen molar-refractivity contribution >= 4 is 5.91 Å². The number of carbonyl (C=O) groups excluding carboxylic acids is 1. The quantitative estimate of drug-likeness (QED) is 0.866. The number of aromatic nitrogens is 1. The zero-order valence-electron chi connectivity index (χ0n) is 15.7. The van der Waals surface area contributed by atoms with E-state index in [0.29, 0.717) is 6.42 Å². The Balaban J connectivity index is 1.63. The molecule has 0 aliphatic carbocycles. The highest BCUT2D eigenvalue weighted by molar-refractivity contribution is 5.77. The van der Waals surface area contributed by atoms with Crippen molar-refractivity contribution in [3.8, 4) is 0 Å². The average Bonchev–Trinajstić information content (AvgIpc) is 2.67. The maximum absolute atomic E-state index is 12.6. The summed E-state index contributed by atoms with van der Waals surface area (Å²) in [5.41, 5.74) is 3.36. The molecule has 1 fully saturated rings. The molecule has 5 heteroatoms. The van der Waals surface area contributed by atoms with Crippen molar-refractivity contribution in [2.24, 2.45) is 0 Å². The Morgan fingerprint density at radius 3 is 2.31 bits per heavy atom. The highest BCUT2D eigenvalue weighted by Crippen LogP contribution is 2.22. The Kier molecular flexibility index (Phi) is 6.36. The van der Waals surface area contributed by atoms with E-state index >= 15 is 0 Å². The van der Waals surface area contributed by atoms with Crippen LogP contribution in [0, 0.1) is 6.92 Å². The third-order valence-corrected chi connectivity index (χ3v) is 5.01. The largest absolute Gasteiger partial charge is 0.345 e. The summed E-state index contributed by atoms with van der Waals surface area (Å²) >= 11 is 0. The Hall–Kier alpha value is -2.24. The third-order valence-electron chi connectivity index (χ3n) is 5.01. The molecule has 0 bridgehead atoms. The first-order chi connectivity index (χ1) is 12.6. The average molecular weight is 352 g/mol. The maximum Gasteiger partial charge on any atom is 0.222 e. The van der Waals surface area contributed by atoms with Gasteiger partial charge in [-0.25, -0.2) is 0 Å². The maximum atomic E-state index is 12.6. The van der Waals surface area contributed by atoms with Crippen LogP contribution in [0.25, 0.3) is 0 Å². The van der Waals surface area contributed by atoms with Crippen LogP contribution in [0.5, 0.6) is 0 Å². The molecular weight excluding hydrogens is 324 g/mol. The van der Waals surface area contributed by atoms with Crippen LogP contribution < -0.4 is 5.32 Å². The van der Waals surface area contributed by atoms with Crippen molar-refractivity contribution in [2.75, 3.05) is 39.8 Å². The zero-order valence-corrected chi connectivity index (χ0v) is 15.7. The molecule has 0 radical (unpaired) electrons. The summed E-state index contributed by atoms with van der Waals surface area (Å²) in [7, 11) is 2.14. The lowest BCUT2D eigenvalue weighted by Gasteiger charge is -2.32. The van der Waals surface area contributed by atoms with Gasteiger partial charge in [0.25, 0.3) is 0 Å². The van der Waals surface area contributed by atoms with Crippen LogP contribution in [0.2, 0.25) is 0 Å². The Labute approximate surface area is 156 Å². The first kappa shape index (κ1) is 18.5. The molecule has 3 rings (SSSR count). The SMILES string of the molecule is Cc1ccc([C@H](NC(=O)CCN2CCN(C)CC2)c2ccncc2)cc1. The smallest absolute Gasteiger partial charge is 0.222 e. The number of nitrogens with one attached hydrogen (secondary N) is 1. The lowest BCUT2D eigenvalue weighted by Crippen LogP contribution is -2.45. The van der Waals surface area contributed by atoms with Crippen molar-refractivity contribution in [1.29, 1.82) is 0 Å². The van der Waals surface area contributed by atoms with E-state index in [1.807, 2.05) is 12.1 Å². The fourth-order valence-electron chi connectivity index (χ4n) is 3.24. The number of hydrogen-bond donors (Lipinski definition) is 1. The highest BCUT2D eigenvalue weighted by Gasteiger charge is 2.19. The minimum absolute atomic E-state index is 0.0892. The van der Waals surface area contributed by atoms with Gasteiger partial charge in [0.2, 0.25) is 5.91 Å². The predicted octanol–water partition coefficient (Wildman–Crippen LogP) is 2.23.